The summed E-state index contributed by atoms with van der Waals surface area (Å²) in [6, 6.07) is 0.212. The lowest BCUT2D eigenvalue weighted by Crippen LogP contribution is -2.42. The monoisotopic (exact) mass is 330 g/mol. The van der Waals surface area contributed by atoms with Gasteiger partial charge >= 0.3 is 0 Å². The van der Waals surface area contributed by atoms with E-state index < -0.39 is 0 Å². The van der Waals surface area contributed by atoms with Crippen molar-refractivity contribution in [3.05, 3.63) is 18.0 Å². The van der Waals surface area contributed by atoms with Gasteiger partial charge in [-0.15, -0.1) is 0 Å². The van der Waals surface area contributed by atoms with Crippen molar-refractivity contribution in [2.45, 2.75) is 51.6 Å². The van der Waals surface area contributed by atoms with Gasteiger partial charge in [0.25, 0.3) is 0 Å². The van der Waals surface area contributed by atoms with Crippen molar-refractivity contribution in [3.63, 3.8) is 0 Å². The molecule has 0 N–H and O–H groups in total. The normalized spacial score (nSPS) is 27.3. The maximum Gasteiger partial charge on any atom is 0.228 e. The molecule has 0 aromatic carbocycles. The zero-order valence-corrected chi connectivity index (χ0v) is 14.4. The van der Waals surface area contributed by atoms with Crippen LogP contribution in [0.5, 0.6) is 0 Å². The summed E-state index contributed by atoms with van der Waals surface area (Å²) in [7, 11) is 0. The van der Waals surface area contributed by atoms with Crippen LogP contribution in [0.3, 0.4) is 0 Å². The van der Waals surface area contributed by atoms with Crippen molar-refractivity contribution in [2.75, 3.05) is 19.6 Å². The highest BCUT2D eigenvalue weighted by Gasteiger charge is 2.41. The van der Waals surface area contributed by atoms with E-state index in [1.54, 1.807) is 0 Å². The van der Waals surface area contributed by atoms with Gasteiger partial charge in [0.15, 0.2) is 0 Å². The van der Waals surface area contributed by atoms with Crippen LogP contribution in [-0.2, 0) is 16.1 Å². The Balaban J connectivity index is 1.38. The van der Waals surface area contributed by atoms with Crippen molar-refractivity contribution in [2.24, 2.45) is 11.8 Å². The Morgan fingerprint density at radius 2 is 2.12 bits per heavy atom. The number of aryl methyl sites for hydroxylation is 1. The van der Waals surface area contributed by atoms with E-state index >= 15 is 0 Å². The third-order valence-corrected chi connectivity index (χ3v) is 5.56. The molecule has 6 nitrogen and oxygen atoms in total. The molecule has 130 valence electrons. The molecule has 2 atom stereocenters. The van der Waals surface area contributed by atoms with Crippen LogP contribution >= 0.6 is 0 Å². The first-order chi connectivity index (χ1) is 11.6. The van der Waals surface area contributed by atoms with Crippen molar-refractivity contribution in [3.8, 4) is 0 Å². The second-order valence-electron chi connectivity index (χ2n) is 7.71. The Labute approximate surface area is 142 Å². The molecule has 1 aliphatic carbocycles. The highest BCUT2D eigenvalue weighted by molar-refractivity contribution is 5.89. The molecule has 2 saturated heterocycles. The van der Waals surface area contributed by atoms with Gasteiger partial charge in [-0.2, -0.15) is 5.10 Å². The lowest BCUT2D eigenvalue weighted by Gasteiger charge is -2.27. The molecule has 0 bridgehead atoms. The minimum Gasteiger partial charge on any atom is -0.342 e. The summed E-state index contributed by atoms with van der Waals surface area (Å²) in [5.74, 6) is 0.883. The van der Waals surface area contributed by atoms with Crippen LogP contribution in [0.1, 0.15) is 37.7 Å². The largest absolute Gasteiger partial charge is 0.342 e. The number of carbonyl (C=O) groups excluding carboxylic acids is 2. The fourth-order valence-electron chi connectivity index (χ4n) is 4.06. The zero-order chi connectivity index (χ0) is 16.7. The Hall–Kier alpha value is -1.85. The van der Waals surface area contributed by atoms with E-state index in [0.29, 0.717) is 18.9 Å². The van der Waals surface area contributed by atoms with Crippen LogP contribution in [-0.4, -0.2) is 57.1 Å². The lowest BCUT2D eigenvalue weighted by molar-refractivity contribution is -0.136. The zero-order valence-electron chi connectivity index (χ0n) is 14.4. The molecule has 0 unspecified atom stereocenters. The van der Waals surface area contributed by atoms with Gasteiger partial charge < -0.3 is 9.80 Å². The number of hydrogen-bond donors (Lipinski definition) is 0. The van der Waals surface area contributed by atoms with Gasteiger partial charge in [-0.05, 0) is 44.1 Å². The molecule has 4 rings (SSSR count). The molecular formula is C18H26N4O2. The summed E-state index contributed by atoms with van der Waals surface area (Å²) in [6.45, 7) is 5.08. The quantitative estimate of drug-likeness (QED) is 0.821. The van der Waals surface area contributed by atoms with E-state index in [4.69, 9.17) is 0 Å². The van der Waals surface area contributed by atoms with Crippen LogP contribution < -0.4 is 0 Å². The van der Waals surface area contributed by atoms with Crippen molar-refractivity contribution >= 4 is 11.8 Å². The molecule has 3 heterocycles. The Morgan fingerprint density at radius 1 is 1.29 bits per heavy atom. The number of carbonyl (C=O) groups is 2. The SMILES string of the molecule is Cc1cnn(C[C@H]2CCCN2C(=O)[C@H]2CC(=O)N(CC3CC3)C2)c1. The fourth-order valence-corrected chi connectivity index (χ4v) is 4.06. The van der Waals surface area contributed by atoms with E-state index in [-0.39, 0.29) is 23.8 Å². The Bertz CT molecular complexity index is 637. The van der Waals surface area contributed by atoms with E-state index in [1.807, 2.05) is 33.8 Å². The summed E-state index contributed by atoms with van der Waals surface area (Å²) >= 11 is 0. The molecule has 1 saturated carbocycles. The van der Waals surface area contributed by atoms with Crippen LogP contribution in [0.2, 0.25) is 0 Å². The van der Waals surface area contributed by atoms with Crippen molar-refractivity contribution in [1.82, 2.24) is 19.6 Å². The summed E-state index contributed by atoms with van der Waals surface area (Å²) in [5.41, 5.74) is 1.14. The third-order valence-electron chi connectivity index (χ3n) is 5.56. The average molecular weight is 330 g/mol. The van der Waals surface area contributed by atoms with Gasteiger partial charge in [0, 0.05) is 32.3 Å². The predicted octanol–water partition coefficient (Wildman–Crippen LogP) is 1.44. The van der Waals surface area contributed by atoms with E-state index in [9.17, 15) is 9.59 Å². The number of amides is 2. The first kappa shape index (κ1) is 15.7. The molecule has 1 aromatic heterocycles. The van der Waals surface area contributed by atoms with Crippen LogP contribution in [0.4, 0.5) is 0 Å². The van der Waals surface area contributed by atoms with Crippen molar-refractivity contribution < 1.29 is 9.59 Å². The summed E-state index contributed by atoms with van der Waals surface area (Å²) in [4.78, 5) is 29.1. The number of rotatable bonds is 5. The molecule has 1 aromatic rings. The maximum atomic E-state index is 13.0. The van der Waals surface area contributed by atoms with Gasteiger partial charge in [-0.3, -0.25) is 14.3 Å². The number of likely N-dealkylation sites (tertiary alicyclic amines) is 2. The molecule has 0 spiro atoms. The van der Waals surface area contributed by atoms with E-state index in [2.05, 4.69) is 5.10 Å². The van der Waals surface area contributed by atoms with Gasteiger partial charge in [0.1, 0.15) is 0 Å². The molecule has 3 aliphatic rings. The van der Waals surface area contributed by atoms with Crippen LogP contribution in [0.15, 0.2) is 12.4 Å². The lowest BCUT2D eigenvalue weighted by atomic mass is 10.1. The number of hydrogen-bond acceptors (Lipinski definition) is 3. The minimum absolute atomic E-state index is 0.142. The van der Waals surface area contributed by atoms with Gasteiger partial charge in [0.05, 0.1) is 24.7 Å². The van der Waals surface area contributed by atoms with Gasteiger partial charge in [-0.1, -0.05) is 0 Å². The second kappa shape index (κ2) is 6.22. The first-order valence-corrected chi connectivity index (χ1v) is 9.17. The first-order valence-electron chi connectivity index (χ1n) is 9.17. The Kier molecular flexibility index (Phi) is 4.06. The van der Waals surface area contributed by atoms with Crippen molar-refractivity contribution in [1.29, 1.82) is 0 Å². The van der Waals surface area contributed by atoms with Gasteiger partial charge in [-0.25, -0.2) is 0 Å². The molecule has 2 aliphatic heterocycles. The van der Waals surface area contributed by atoms with E-state index in [1.165, 1.54) is 12.8 Å². The fraction of sp³-hybridized carbons (Fsp3) is 0.722. The number of aromatic nitrogens is 2. The topological polar surface area (TPSA) is 58.4 Å². The van der Waals surface area contributed by atoms with Crippen LogP contribution in [0.25, 0.3) is 0 Å². The Morgan fingerprint density at radius 3 is 2.83 bits per heavy atom. The molecule has 0 radical (unpaired) electrons. The molecular weight excluding hydrogens is 304 g/mol. The van der Waals surface area contributed by atoms with Crippen LogP contribution in [0, 0.1) is 18.8 Å². The highest BCUT2D eigenvalue weighted by Crippen LogP contribution is 2.33. The molecule has 2 amide bonds. The number of nitrogens with zero attached hydrogens (tertiary/aromatic N) is 4. The highest BCUT2D eigenvalue weighted by atomic mass is 16.2. The molecule has 3 fully saturated rings. The summed E-state index contributed by atoms with van der Waals surface area (Å²) in [5, 5.41) is 4.35. The maximum absolute atomic E-state index is 13.0. The predicted molar refractivity (Wildman–Crippen MR) is 89.1 cm³/mol. The second-order valence-corrected chi connectivity index (χ2v) is 7.71. The third kappa shape index (κ3) is 3.19. The van der Waals surface area contributed by atoms with E-state index in [0.717, 1.165) is 38.0 Å². The minimum atomic E-state index is -0.142. The smallest absolute Gasteiger partial charge is 0.228 e. The van der Waals surface area contributed by atoms with Gasteiger partial charge in [0.2, 0.25) is 11.8 Å². The molecule has 24 heavy (non-hydrogen) atoms. The average Bonchev–Trinajstić information content (AvgIpc) is 2.92. The molecule has 6 heteroatoms. The summed E-state index contributed by atoms with van der Waals surface area (Å²) < 4.78 is 1.94. The standard InChI is InChI=1S/C18H26N4O2/c1-13-8-19-21(9-13)12-16-3-2-6-22(16)18(24)15-7-17(23)20(11-15)10-14-4-5-14/h8-9,14-16H,2-7,10-12H2,1H3/t15-,16+/m0/s1. The summed E-state index contributed by atoms with van der Waals surface area (Å²) in [6.07, 6.45) is 8.82.